The van der Waals surface area contributed by atoms with Gasteiger partial charge in [0.1, 0.15) is 5.01 Å². The van der Waals surface area contributed by atoms with E-state index in [0.717, 1.165) is 37.7 Å². The van der Waals surface area contributed by atoms with Crippen LogP contribution >= 0.6 is 11.3 Å². The Morgan fingerprint density at radius 3 is 2.58 bits per heavy atom. The van der Waals surface area contributed by atoms with Gasteiger partial charge >= 0.3 is 5.97 Å². The minimum Gasteiger partial charge on any atom is -0.367 e. The number of hydrogen-bond acceptors (Lipinski definition) is 6. The summed E-state index contributed by atoms with van der Waals surface area (Å²) < 4.78 is 0. The second-order valence-electron chi connectivity index (χ2n) is 5.76. The van der Waals surface area contributed by atoms with Gasteiger partial charge in [0.25, 0.3) is 0 Å². The Labute approximate surface area is 118 Å². The molecule has 1 aromatic heterocycles. The predicted octanol–water partition coefficient (Wildman–Crippen LogP) is 1.76. The van der Waals surface area contributed by atoms with Crippen LogP contribution in [0.3, 0.4) is 0 Å². The predicted molar refractivity (Wildman–Crippen MR) is 74.5 cm³/mol. The topological polar surface area (TPSA) is 45.7 Å². The van der Waals surface area contributed by atoms with E-state index in [1.807, 2.05) is 32.3 Å². The van der Waals surface area contributed by atoms with Crippen molar-refractivity contribution >= 4 is 17.3 Å². The monoisotopic (exact) mass is 283 g/mol. The molecule has 19 heavy (non-hydrogen) atoms. The average molecular weight is 283 g/mol. The molecular weight excluding hydrogens is 262 g/mol. The number of thiazole rings is 1. The molecule has 5 nitrogen and oxygen atoms in total. The Bertz CT molecular complexity index is 406. The summed E-state index contributed by atoms with van der Waals surface area (Å²) in [5, 5.41) is 4.91. The number of rotatable bonds is 3. The molecule has 1 aliphatic heterocycles. The van der Waals surface area contributed by atoms with Gasteiger partial charge in [0.2, 0.25) is 0 Å². The third kappa shape index (κ3) is 4.26. The second kappa shape index (κ2) is 5.98. The summed E-state index contributed by atoms with van der Waals surface area (Å²) in [6, 6.07) is 0. The van der Waals surface area contributed by atoms with Crippen molar-refractivity contribution < 1.29 is 9.63 Å². The number of hydrogen-bond donors (Lipinski definition) is 0. The van der Waals surface area contributed by atoms with Gasteiger partial charge in [-0.1, -0.05) is 0 Å². The van der Waals surface area contributed by atoms with Crippen molar-refractivity contribution in [2.45, 2.75) is 27.3 Å². The lowest BCUT2D eigenvalue weighted by Gasteiger charge is -2.34. The van der Waals surface area contributed by atoms with Gasteiger partial charge in [-0.05, 0) is 20.8 Å². The molecule has 1 saturated heterocycles. The Hall–Kier alpha value is -0.980. The Kier molecular flexibility index (Phi) is 4.54. The van der Waals surface area contributed by atoms with Crippen molar-refractivity contribution in [1.29, 1.82) is 0 Å². The first-order valence-corrected chi connectivity index (χ1v) is 7.41. The zero-order valence-electron chi connectivity index (χ0n) is 11.8. The van der Waals surface area contributed by atoms with Gasteiger partial charge in [0, 0.05) is 37.8 Å². The van der Waals surface area contributed by atoms with Crippen LogP contribution in [0.4, 0.5) is 0 Å². The van der Waals surface area contributed by atoms with E-state index in [0.29, 0.717) is 0 Å². The summed E-state index contributed by atoms with van der Waals surface area (Å²) in [7, 11) is 0. The first-order chi connectivity index (χ1) is 8.95. The lowest BCUT2D eigenvalue weighted by molar-refractivity contribution is -0.207. The fourth-order valence-electron chi connectivity index (χ4n) is 1.76. The molecule has 106 valence electrons. The van der Waals surface area contributed by atoms with E-state index in [1.54, 1.807) is 16.4 Å². The molecule has 6 heteroatoms. The van der Waals surface area contributed by atoms with Crippen LogP contribution in [0.2, 0.25) is 0 Å². The van der Waals surface area contributed by atoms with E-state index in [-0.39, 0.29) is 5.97 Å². The lowest BCUT2D eigenvalue weighted by atomic mass is 9.98. The molecule has 0 aromatic carbocycles. The number of nitrogens with zero attached hydrogens (tertiary/aromatic N) is 3. The minimum atomic E-state index is -0.446. The molecule has 2 heterocycles. The van der Waals surface area contributed by atoms with Crippen molar-refractivity contribution in [1.82, 2.24) is 14.9 Å². The van der Waals surface area contributed by atoms with Crippen molar-refractivity contribution in [3.8, 4) is 0 Å². The molecule has 2 rings (SSSR count). The highest BCUT2D eigenvalue weighted by atomic mass is 32.1. The zero-order chi connectivity index (χ0) is 13.9. The summed E-state index contributed by atoms with van der Waals surface area (Å²) in [4.78, 5) is 23.8. The molecule has 1 aromatic rings. The van der Waals surface area contributed by atoms with E-state index in [2.05, 4.69) is 9.88 Å². The van der Waals surface area contributed by atoms with E-state index >= 15 is 0 Å². The molecule has 0 spiro atoms. The number of aromatic nitrogens is 1. The first-order valence-electron chi connectivity index (χ1n) is 6.53. The van der Waals surface area contributed by atoms with Gasteiger partial charge in [-0.3, -0.25) is 4.90 Å². The van der Waals surface area contributed by atoms with Crippen LogP contribution < -0.4 is 0 Å². The summed E-state index contributed by atoms with van der Waals surface area (Å²) in [5.41, 5.74) is -0.446. The maximum absolute atomic E-state index is 11.8. The maximum Gasteiger partial charge on any atom is 0.330 e. The average Bonchev–Trinajstić information content (AvgIpc) is 2.83. The van der Waals surface area contributed by atoms with Crippen molar-refractivity contribution in [2.75, 3.05) is 26.2 Å². The quantitative estimate of drug-likeness (QED) is 0.846. The third-order valence-corrected chi connectivity index (χ3v) is 3.76. The molecule has 0 atom stereocenters. The molecule has 0 radical (unpaired) electrons. The van der Waals surface area contributed by atoms with Gasteiger partial charge in [0.05, 0.1) is 12.0 Å². The zero-order valence-corrected chi connectivity index (χ0v) is 12.6. The number of piperazine rings is 1. The van der Waals surface area contributed by atoms with Crippen LogP contribution in [0.15, 0.2) is 11.6 Å². The molecule has 0 bridgehead atoms. The van der Waals surface area contributed by atoms with Crippen LogP contribution in [0.5, 0.6) is 0 Å². The van der Waals surface area contributed by atoms with Crippen molar-refractivity contribution in [2.24, 2.45) is 5.41 Å². The molecule has 1 fully saturated rings. The van der Waals surface area contributed by atoms with Gasteiger partial charge in [-0.25, -0.2) is 9.78 Å². The smallest absolute Gasteiger partial charge is 0.330 e. The van der Waals surface area contributed by atoms with Crippen molar-refractivity contribution in [3.63, 3.8) is 0 Å². The standard InChI is InChI=1S/C13H21N3O2S/c1-13(2,3)12(17)18-16-7-5-15(6-8-16)10-11-14-4-9-19-11/h4,9H,5-8,10H2,1-3H3. The fourth-order valence-corrected chi connectivity index (χ4v) is 2.41. The van der Waals surface area contributed by atoms with Crippen LogP contribution in [-0.2, 0) is 16.2 Å². The number of hydroxylamine groups is 2. The summed E-state index contributed by atoms with van der Waals surface area (Å²) >= 11 is 1.68. The highest BCUT2D eigenvalue weighted by Crippen LogP contribution is 2.17. The molecule has 0 saturated carbocycles. The fraction of sp³-hybridized carbons (Fsp3) is 0.692. The van der Waals surface area contributed by atoms with E-state index < -0.39 is 5.41 Å². The third-order valence-electron chi connectivity index (χ3n) is 3.00. The highest BCUT2D eigenvalue weighted by molar-refractivity contribution is 7.09. The second-order valence-corrected chi connectivity index (χ2v) is 6.74. The molecule has 1 aliphatic rings. The molecule has 0 aliphatic carbocycles. The van der Waals surface area contributed by atoms with Crippen LogP contribution in [0, 0.1) is 5.41 Å². The summed E-state index contributed by atoms with van der Waals surface area (Å²) in [6.45, 7) is 9.81. The van der Waals surface area contributed by atoms with Crippen LogP contribution in [0.1, 0.15) is 25.8 Å². The lowest BCUT2D eigenvalue weighted by Crippen LogP contribution is -2.47. The number of carbonyl (C=O) groups excluding carboxylic acids is 1. The summed E-state index contributed by atoms with van der Waals surface area (Å²) in [5.74, 6) is -0.166. The largest absolute Gasteiger partial charge is 0.367 e. The van der Waals surface area contributed by atoms with Gasteiger partial charge in [0.15, 0.2) is 0 Å². The number of carbonyl (C=O) groups is 1. The Balaban J connectivity index is 1.75. The highest BCUT2D eigenvalue weighted by Gasteiger charge is 2.27. The van der Waals surface area contributed by atoms with Crippen LogP contribution in [0.25, 0.3) is 0 Å². The van der Waals surface area contributed by atoms with Gasteiger partial charge < -0.3 is 4.84 Å². The van der Waals surface area contributed by atoms with E-state index in [1.165, 1.54) is 0 Å². The molecule has 0 amide bonds. The normalized spacial score (nSPS) is 18.5. The SMILES string of the molecule is CC(C)(C)C(=O)ON1CCN(Cc2nccs2)CC1. The minimum absolute atomic E-state index is 0.166. The maximum atomic E-state index is 11.8. The first kappa shape index (κ1) is 14.4. The van der Waals surface area contributed by atoms with Gasteiger partial charge in [-0.15, -0.1) is 16.4 Å². The molecule has 0 unspecified atom stereocenters. The van der Waals surface area contributed by atoms with Crippen molar-refractivity contribution in [3.05, 3.63) is 16.6 Å². The van der Waals surface area contributed by atoms with E-state index in [4.69, 9.17) is 4.84 Å². The summed E-state index contributed by atoms with van der Waals surface area (Å²) in [6.07, 6.45) is 1.83. The van der Waals surface area contributed by atoms with Gasteiger partial charge in [-0.2, -0.15) is 0 Å². The Morgan fingerprint density at radius 1 is 1.37 bits per heavy atom. The van der Waals surface area contributed by atoms with E-state index in [9.17, 15) is 4.79 Å². The Morgan fingerprint density at radius 2 is 2.05 bits per heavy atom. The molecule has 0 N–H and O–H groups in total. The molecular formula is C13H21N3O2S. The van der Waals surface area contributed by atoms with Crippen LogP contribution in [-0.4, -0.2) is 47.1 Å².